The zero-order valence-electron chi connectivity index (χ0n) is 11.6. The van der Waals surface area contributed by atoms with Gasteiger partial charge in [-0.05, 0) is 53.4 Å². The Balaban J connectivity index is 2.63. The van der Waals surface area contributed by atoms with Gasteiger partial charge in [0.15, 0.2) is 0 Å². The van der Waals surface area contributed by atoms with E-state index in [1.807, 2.05) is 13.8 Å². The largest absolute Gasteiger partial charge is 0.381 e. The smallest absolute Gasteiger partial charge is 0.241 e. The summed E-state index contributed by atoms with van der Waals surface area (Å²) in [4.78, 5) is 0.240. The molecule has 20 heavy (non-hydrogen) atoms. The summed E-state index contributed by atoms with van der Waals surface area (Å²) in [5.74, 6) is 0. The molecule has 0 atom stereocenters. The Labute approximate surface area is 137 Å². The standard InChI is InChI=1S/C13H19Br2NO3S/c1-3-6-19-7-4-5-16-20(17,18)13-9-11(14)10(2)8-12(13)15/h8-9,16H,3-7H2,1-2H3. The van der Waals surface area contributed by atoms with Crippen LogP contribution in [-0.4, -0.2) is 28.2 Å². The molecule has 1 N–H and O–H groups in total. The number of sulfonamides is 1. The molecule has 0 radical (unpaired) electrons. The Bertz CT molecular complexity index is 547. The lowest BCUT2D eigenvalue weighted by Gasteiger charge is -2.10. The van der Waals surface area contributed by atoms with Crippen molar-refractivity contribution in [2.45, 2.75) is 31.6 Å². The van der Waals surface area contributed by atoms with Crippen LogP contribution in [0.15, 0.2) is 26.0 Å². The van der Waals surface area contributed by atoms with Crippen LogP contribution in [-0.2, 0) is 14.8 Å². The van der Waals surface area contributed by atoms with Gasteiger partial charge in [0.2, 0.25) is 10.0 Å². The number of nitrogens with one attached hydrogen (secondary N) is 1. The van der Waals surface area contributed by atoms with Gasteiger partial charge in [0.05, 0.1) is 4.90 Å². The quantitative estimate of drug-likeness (QED) is 0.643. The van der Waals surface area contributed by atoms with Gasteiger partial charge in [-0.1, -0.05) is 22.9 Å². The lowest BCUT2D eigenvalue weighted by Crippen LogP contribution is -2.26. The Morgan fingerprint density at radius 1 is 1.20 bits per heavy atom. The van der Waals surface area contributed by atoms with E-state index in [4.69, 9.17) is 4.74 Å². The molecule has 0 spiro atoms. The Kier molecular flexibility index (Phi) is 7.68. The summed E-state index contributed by atoms with van der Waals surface area (Å²) >= 11 is 6.65. The molecule has 7 heteroatoms. The summed E-state index contributed by atoms with van der Waals surface area (Å²) in [6.45, 7) is 5.58. The predicted molar refractivity (Wildman–Crippen MR) is 87.5 cm³/mol. The third-order valence-corrected chi connectivity index (χ3v) is 5.88. The maximum Gasteiger partial charge on any atom is 0.241 e. The van der Waals surface area contributed by atoms with Crippen molar-refractivity contribution >= 4 is 41.9 Å². The molecule has 0 aromatic heterocycles. The van der Waals surface area contributed by atoms with Gasteiger partial charge in [-0.25, -0.2) is 13.1 Å². The fourth-order valence-corrected chi connectivity index (χ4v) is 4.29. The third kappa shape index (κ3) is 5.44. The Morgan fingerprint density at radius 2 is 1.90 bits per heavy atom. The number of halogens is 2. The van der Waals surface area contributed by atoms with Crippen LogP contribution in [0.5, 0.6) is 0 Å². The monoisotopic (exact) mass is 427 g/mol. The molecule has 1 aromatic rings. The van der Waals surface area contributed by atoms with E-state index in [0.717, 1.165) is 16.5 Å². The van der Waals surface area contributed by atoms with Gasteiger partial charge in [-0.15, -0.1) is 0 Å². The van der Waals surface area contributed by atoms with E-state index in [1.165, 1.54) is 0 Å². The minimum Gasteiger partial charge on any atom is -0.381 e. The van der Waals surface area contributed by atoms with Gasteiger partial charge in [0.25, 0.3) is 0 Å². The second-order valence-electron chi connectivity index (χ2n) is 4.40. The van der Waals surface area contributed by atoms with Gasteiger partial charge < -0.3 is 4.74 Å². The number of ether oxygens (including phenoxy) is 1. The van der Waals surface area contributed by atoms with Gasteiger partial charge in [0.1, 0.15) is 0 Å². The maximum atomic E-state index is 12.2. The van der Waals surface area contributed by atoms with Crippen molar-refractivity contribution in [2.24, 2.45) is 0 Å². The molecule has 0 saturated heterocycles. The SMILES string of the molecule is CCCOCCCNS(=O)(=O)c1cc(Br)c(C)cc1Br. The van der Waals surface area contributed by atoms with Gasteiger partial charge in [0, 0.05) is 28.7 Å². The van der Waals surface area contributed by atoms with E-state index in [-0.39, 0.29) is 4.90 Å². The highest BCUT2D eigenvalue weighted by atomic mass is 79.9. The number of hydrogen-bond donors (Lipinski definition) is 1. The summed E-state index contributed by atoms with van der Waals surface area (Å²) < 4.78 is 33.6. The van der Waals surface area contributed by atoms with Crippen LogP contribution in [0.2, 0.25) is 0 Å². The van der Waals surface area contributed by atoms with E-state index in [9.17, 15) is 8.42 Å². The molecule has 0 aliphatic rings. The summed E-state index contributed by atoms with van der Waals surface area (Å²) in [5, 5.41) is 0. The van der Waals surface area contributed by atoms with Crippen molar-refractivity contribution in [2.75, 3.05) is 19.8 Å². The highest BCUT2D eigenvalue weighted by molar-refractivity contribution is 9.11. The van der Waals surface area contributed by atoms with E-state index < -0.39 is 10.0 Å². The molecule has 0 amide bonds. The van der Waals surface area contributed by atoms with Gasteiger partial charge in [-0.2, -0.15) is 0 Å². The minimum atomic E-state index is -3.51. The molecule has 0 heterocycles. The third-order valence-electron chi connectivity index (χ3n) is 2.61. The Morgan fingerprint density at radius 3 is 2.55 bits per heavy atom. The fourth-order valence-electron chi connectivity index (χ4n) is 1.54. The van der Waals surface area contributed by atoms with Crippen molar-refractivity contribution < 1.29 is 13.2 Å². The second-order valence-corrected chi connectivity index (χ2v) is 7.84. The normalized spacial score (nSPS) is 11.8. The number of aryl methyl sites for hydroxylation is 1. The first-order valence-electron chi connectivity index (χ1n) is 6.41. The highest BCUT2D eigenvalue weighted by Crippen LogP contribution is 2.28. The molecule has 0 aliphatic heterocycles. The number of benzene rings is 1. The minimum absolute atomic E-state index is 0.240. The molecular weight excluding hydrogens is 410 g/mol. The first-order chi connectivity index (χ1) is 9.38. The lowest BCUT2D eigenvalue weighted by molar-refractivity contribution is 0.133. The topological polar surface area (TPSA) is 55.4 Å². The molecule has 0 saturated carbocycles. The van der Waals surface area contributed by atoms with Crippen molar-refractivity contribution in [3.63, 3.8) is 0 Å². The van der Waals surface area contributed by atoms with Crippen LogP contribution >= 0.6 is 31.9 Å². The van der Waals surface area contributed by atoms with Crippen LogP contribution in [0.1, 0.15) is 25.3 Å². The molecule has 4 nitrogen and oxygen atoms in total. The molecular formula is C13H19Br2NO3S. The molecule has 1 aromatic carbocycles. The van der Waals surface area contributed by atoms with Crippen molar-refractivity contribution in [3.05, 3.63) is 26.6 Å². The summed E-state index contributed by atoms with van der Waals surface area (Å²) in [5.41, 5.74) is 0.976. The fraction of sp³-hybridized carbons (Fsp3) is 0.538. The first-order valence-corrected chi connectivity index (χ1v) is 9.48. The maximum absolute atomic E-state index is 12.2. The summed E-state index contributed by atoms with van der Waals surface area (Å²) in [7, 11) is -3.51. The second kappa shape index (κ2) is 8.48. The van der Waals surface area contributed by atoms with Gasteiger partial charge >= 0.3 is 0 Å². The van der Waals surface area contributed by atoms with Crippen LogP contribution in [0.4, 0.5) is 0 Å². The van der Waals surface area contributed by atoms with E-state index in [2.05, 4.69) is 36.6 Å². The molecule has 0 fully saturated rings. The number of rotatable bonds is 8. The first kappa shape index (κ1) is 18.1. The van der Waals surface area contributed by atoms with Crippen molar-refractivity contribution in [3.8, 4) is 0 Å². The van der Waals surface area contributed by atoms with E-state index in [1.54, 1.807) is 12.1 Å². The zero-order chi connectivity index (χ0) is 15.2. The van der Waals surface area contributed by atoms with Crippen LogP contribution in [0.3, 0.4) is 0 Å². The van der Waals surface area contributed by atoms with Crippen LogP contribution in [0, 0.1) is 6.92 Å². The summed E-state index contributed by atoms with van der Waals surface area (Å²) in [6, 6.07) is 3.39. The molecule has 0 bridgehead atoms. The van der Waals surface area contributed by atoms with Crippen LogP contribution in [0.25, 0.3) is 0 Å². The molecule has 0 unspecified atom stereocenters. The Hall–Kier alpha value is 0.0500. The van der Waals surface area contributed by atoms with E-state index in [0.29, 0.717) is 30.7 Å². The van der Waals surface area contributed by atoms with Crippen molar-refractivity contribution in [1.29, 1.82) is 0 Å². The predicted octanol–water partition coefficient (Wildman–Crippen LogP) is 3.62. The summed E-state index contributed by atoms with van der Waals surface area (Å²) in [6.07, 6.45) is 1.62. The van der Waals surface area contributed by atoms with E-state index >= 15 is 0 Å². The zero-order valence-corrected chi connectivity index (χ0v) is 15.6. The average molecular weight is 429 g/mol. The molecule has 114 valence electrons. The molecule has 1 rings (SSSR count). The van der Waals surface area contributed by atoms with Crippen molar-refractivity contribution in [1.82, 2.24) is 4.72 Å². The molecule has 0 aliphatic carbocycles. The highest BCUT2D eigenvalue weighted by Gasteiger charge is 2.18. The average Bonchev–Trinajstić information content (AvgIpc) is 2.37. The lowest BCUT2D eigenvalue weighted by atomic mass is 10.2. The van der Waals surface area contributed by atoms with Crippen LogP contribution < -0.4 is 4.72 Å². The van der Waals surface area contributed by atoms with Gasteiger partial charge in [-0.3, -0.25) is 0 Å². The number of hydrogen-bond acceptors (Lipinski definition) is 3.